The Labute approximate surface area is 150 Å². The minimum atomic E-state index is -1.27. The minimum Gasteiger partial charge on any atom is -1.00 e. The largest absolute Gasteiger partial charge is 1.00 e. The number of hydrogen-bond acceptors (Lipinski definition) is 0. The van der Waals surface area contributed by atoms with Gasteiger partial charge in [0.25, 0.3) is 0 Å². The molecule has 0 fully saturated rings. The van der Waals surface area contributed by atoms with Crippen LogP contribution in [0.15, 0.2) is 91.0 Å². The molecule has 0 heterocycles. The van der Waals surface area contributed by atoms with Crippen LogP contribution in [0.5, 0.6) is 0 Å². The predicted molar refractivity (Wildman–Crippen MR) is 99.2 cm³/mol. The number of benzene rings is 3. The van der Waals surface area contributed by atoms with E-state index >= 15 is 0 Å². The van der Waals surface area contributed by atoms with Crippen molar-refractivity contribution in [2.45, 2.75) is 12.3 Å². The van der Waals surface area contributed by atoms with Gasteiger partial charge in [-0.1, -0.05) is 78.9 Å². The van der Waals surface area contributed by atoms with Gasteiger partial charge in [0, 0.05) is 0 Å². The summed E-state index contributed by atoms with van der Waals surface area (Å²) in [5.41, 5.74) is 2.89. The van der Waals surface area contributed by atoms with Crippen molar-refractivity contribution in [3.05, 3.63) is 102 Å². The van der Waals surface area contributed by atoms with Crippen LogP contribution in [0.25, 0.3) is 0 Å². The van der Waals surface area contributed by atoms with Crippen molar-refractivity contribution in [2.75, 3.05) is 6.66 Å². The predicted octanol–water partition coefficient (Wildman–Crippen LogP) is 2.36. The molecule has 0 aromatic heterocycles. The highest BCUT2D eigenvalue weighted by Crippen LogP contribution is 2.59. The third kappa shape index (κ3) is 4.77. The Morgan fingerprint density at radius 2 is 0.913 bits per heavy atom. The van der Waals surface area contributed by atoms with Crippen LogP contribution in [0.2, 0.25) is 0 Å². The molecule has 0 saturated heterocycles. The molecule has 0 saturated carbocycles. The zero-order valence-electron chi connectivity index (χ0n) is 13.4. The molecule has 0 aliphatic heterocycles. The minimum absolute atomic E-state index is 0. The second-order valence-electron chi connectivity index (χ2n) is 6.02. The molecule has 0 N–H and O–H groups in total. The van der Waals surface area contributed by atoms with Crippen LogP contribution >= 0.6 is 7.26 Å². The van der Waals surface area contributed by atoms with Crippen molar-refractivity contribution in [1.29, 1.82) is 0 Å². The van der Waals surface area contributed by atoms with Crippen molar-refractivity contribution in [1.82, 2.24) is 0 Å². The molecule has 118 valence electrons. The average molecular weight is 385 g/mol. The zero-order valence-corrected chi connectivity index (χ0v) is 15.9. The van der Waals surface area contributed by atoms with E-state index in [0.717, 1.165) is 12.3 Å². The summed E-state index contributed by atoms with van der Waals surface area (Å²) in [6.07, 6.45) is 2.32. The van der Waals surface area contributed by atoms with Crippen molar-refractivity contribution in [2.24, 2.45) is 0 Å². The lowest BCUT2D eigenvalue weighted by molar-refractivity contribution is -0.00000454. The molecule has 3 rings (SSSR count). The fourth-order valence-corrected chi connectivity index (χ4v) is 6.40. The third-order valence-corrected chi connectivity index (χ3v) is 7.80. The van der Waals surface area contributed by atoms with Gasteiger partial charge >= 0.3 is 0 Å². The van der Waals surface area contributed by atoms with E-state index in [4.69, 9.17) is 0 Å². The Balaban J connectivity index is 0.00000192. The van der Waals surface area contributed by atoms with E-state index < -0.39 is 7.26 Å². The molecule has 0 nitrogen and oxygen atoms in total. The van der Waals surface area contributed by atoms with Gasteiger partial charge < -0.3 is 17.0 Å². The standard InChI is InChI=1S/C21H22P.BrH/c1-22(21-15-9-4-10-16-21,17-19-11-5-2-6-12-19)18-20-13-7-3-8-14-20;/h2-16H,17-18H2,1H3;1H/q+1;/p-1. The monoisotopic (exact) mass is 384 g/mol. The van der Waals surface area contributed by atoms with E-state index in [2.05, 4.69) is 97.7 Å². The molecule has 0 unspecified atom stereocenters. The summed E-state index contributed by atoms with van der Waals surface area (Å²) < 4.78 is 0. The molecular weight excluding hydrogens is 363 g/mol. The Morgan fingerprint density at radius 1 is 0.565 bits per heavy atom. The first-order chi connectivity index (χ1) is 10.8. The van der Waals surface area contributed by atoms with Crippen LogP contribution in [-0.4, -0.2) is 6.66 Å². The van der Waals surface area contributed by atoms with Gasteiger partial charge in [-0.25, -0.2) is 0 Å². The topological polar surface area (TPSA) is 0 Å². The lowest BCUT2D eigenvalue weighted by Crippen LogP contribution is -3.00. The zero-order chi connectivity index (χ0) is 15.3. The quantitative estimate of drug-likeness (QED) is 0.592. The van der Waals surface area contributed by atoms with E-state index in [-0.39, 0.29) is 17.0 Å². The summed E-state index contributed by atoms with van der Waals surface area (Å²) in [6.45, 7) is 2.49. The van der Waals surface area contributed by atoms with Crippen LogP contribution in [0.4, 0.5) is 0 Å². The second-order valence-corrected chi connectivity index (χ2v) is 9.96. The van der Waals surface area contributed by atoms with Gasteiger partial charge in [0.2, 0.25) is 0 Å². The molecule has 0 aliphatic rings. The number of halogens is 1. The highest BCUT2D eigenvalue weighted by atomic mass is 79.9. The maximum absolute atomic E-state index is 2.49. The molecule has 0 atom stereocenters. The summed E-state index contributed by atoms with van der Waals surface area (Å²) in [6, 6.07) is 32.9. The van der Waals surface area contributed by atoms with Gasteiger partial charge in [-0.05, 0) is 23.3 Å². The molecular formula is C21H22BrP. The van der Waals surface area contributed by atoms with E-state index in [9.17, 15) is 0 Å². The van der Waals surface area contributed by atoms with Gasteiger partial charge in [0.05, 0.1) is 31.6 Å². The maximum atomic E-state index is 2.49. The highest BCUT2D eigenvalue weighted by molar-refractivity contribution is 7.80. The summed E-state index contributed by atoms with van der Waals surface area (Å²) in [5.74, 6) is 0. The smallest absolute Gasteiger partial charge is 0.0943 e. The fraction of sp³-hybridized carbons (Fsp3) is 0.143. The molecule has 0 amide bonds. The highest BCUT2D eigenvalue weighted by Gasteiger charge is 2.34. The molecule has 3 aromatic rings. The average Bonchev–Trinajstić information content (AvgIpc) is 2.57. The number of rotatable bonds is 5. The SMILES string of the molecule is C[P+](Cc1ccccc1)(Cc1ccccc1)c1ccccc1.[Br-]. The maximum Gasteiger partial charge on any atom is 0.0943 e. The fourth-order valence-electron chi connectivity index (χ4n) is 3.00. The first kappa shape index (κ1) is 17.9. The Kier molecular flexibility index (Phi) is 6.57. The van der Waals surface area contributed by atoms with Gasteiger partial charge in [0.15, 0.2) is 0 Å². The summed E-state index contributed by atoms with van der Waals surface area (Å²) in [5, 5.41) is 1.52. The van der Waals surface area contributed by atoms with Crippen molar-refractivity contribution in [3.63, 3.8) is 0 Å². The third-order valence-electron chi connectivity index (χ3n) is 4.13. The van der Waals surface area contributed by atoms with Gasteiger partial charge in [-0.2, -0.15) is 0 Å². The lowest BCUT2D eigenvalue weighted by atomic mass is 10.2. The van der Waals surface area contributed by atoms with Crippen molar-refractivity contribution >= 4 is 12.6 Å². The Bertz CT molecular complexity index is 654. The van der Waals surface area contributed by atoms with Gasteiger partial charge in [0.1, 0.15) is 0 Å². The first-order valence-electron chi connectivity index (χ1n) is 7.74. The first-order valence-corrected chi connectivity index (χ1v) is 10.3. The van der Waals surface area contributed by atoms with E-state index in [1.807, 2.05) is 0 Å². The summed E-state index contributed by atoms with van der Waals surface area (Å²) >= 11 is 0. The van der Waals surface area contributed by atoms with Crippen LogP contribution in [-0.2, 0) is 12.3 Å². The lowest BCUT2D eigenvalue weighted by Gasteiger charge is -2.23. The van der Waals surface area contributed by atoms with E-state index in [1.165, 1.54) is 16.4 Å². The van der Waals surface area contributed by atoms with Crippen LogP contribution < -0.4 is 22.3 Å². The van der Waals surface area contributed by atoms with E-state index in [0.29, 0.717) is 0 Å². The molecule has 23 heavy (non-hydrogen) atoms. The summed E-state index contributed by atoms with van der Waals surface area (Å²) in [7, 11) is -1.27. The van der Waals surface area contributed by atoms with Crippen molar-refractivity contribution in [3.8, 4) is 0 Å². The molecule has 0 bridgehead atoms. The van der Waals surface area contributed by atoms with Gasteiger partial charge in [-0.3, -0.25) is 0 Å². The molecule has 3 aromatic carbocycles. The second kappa shape index (κ2) is 8.43. The van der Waals surface area contributed by atoms with Crippen molar-refractivity contribution < 1.29 is 17.0 Å². The molecule has 0 aliphatic carbocycles. The molecule has 0 radical (unpaired) electrons. The van der Waals surface area contributed by atoms with Gasteiger partial charge in [-0.15, -0.1) is 0 Å². The molecule has 2 heteroatoms. The number of hydrogen-bond donors (Lipinski definition) is 0. The van der Waals surface area contributed by atoms with Crippen LogP contribution in [0.3, 0.4) is 0 Å². The van der Waals surface area contributed by atoms with Crippen LogP contribution in [0, 0.1) is 0 Å². The Hall–Kier alpha value is -1.43. The Morgan fingerprint density at radius 3 is 1.30 bits per heavy atom. The summed E-state index contributed by atoms with van der Waals surface area (Å²) in [4.78, 5) is 0. The normalized spacial score (nSPS) is 10.8. The van der Waals surface area contributed by atoms with E-state index in [1.54, 1.807) is 0 Å². The van der Waals surface area contributed by atoms with Crippen LogP contribution in [0.1, 0.15) is 11.1 Å². The molecule has 0 spiro atoms.